The number of nitrogens with zero attached hydrogens (tertiary/aromatic N) is 1. The van der Waals surface area contributed by atoms with Gasteiger partial charge in [0.25, 0.3) is 7.82 Å². The fourth-order valence-electron chi connectivity index (χ4n) is 0.300. The Labute approximate surface area is 100 Å². The first kappa shape index (κ1) is 19.6. The van der Waals surface area contributed by atoms with Crippen LogP contribution in [0.4, 0.5) is 0 Å². The van der Waals surface area contributed by atoms with Gasteiger partial charge in [-0.25, -0.2) is 0 Å². The zero-order chi connectivity index (χ0) is 10.4. The van der Waals surface area contributed by atoms with Crippen molar-refractivity contribution < 1.29 is 28.8 Å². The van der Waals surface area contributed by atoms with E-state index in [1.54, 1.807) is 0 Å². The van der Waals surface area contributed by atoms with Crippen molar-refractivity contribution in [2.75, 3.05) is 34.3 Å². The molecule has 0 amide bonds. The van der Waals surface area contributed by atoms with Crippen LogP contribution in [0.5, 0.6) is 0 Å². The molecule has 0 aromatic rings. The SMILES string of the molecule is C[N+](C)(C)CCO.O=P([O-])(O)O.[NaH]. The summed E-state index contributed by atoms with van der Waals surface area (Å²) in [4.78, 5) is 22.9. The van der Waals surface area contributed by atoms with Gasteiger partial charge in [-0.05, 0) is 0 Å². The van der Waals surface area contributed by atoms with Crippen LogP contribution in [0.25, 0.3) is 0 Å². The maximum atomic E-state index is 8.77. The van der Waals surface area contributed by atoms with Gasteiger partial charge in [0, 0.05) is 0 Å². The summed E-state index contributed by atoms with van der Waals surface area (Å²) in [6.45, 7) is 1.11. The topological polar surface area (TPSA) is 101 Å². The third-order valence-corrected chi connectivity index (χ3v) is 0.771. The molecule has 0 radical (unpaired) electrons. The van der Waals surface area contributed by atoms with Crippen LogP contribution in [0, 0.1) is 0 Å². The van der Waals surface area contributed by atoms with Crippen molar-refractivity contribution in [2.24, 2.45) is 0 Å². The first-order valence-corrected chi connectivity index (χ1v) is 4.77. The van der Waals surface area contributed by atoms with Gasteiger partial charge in [-0.15, -0.1) is 0 Å². The third kappa shape index (κ3) is 62.7. The Morgan fingerprint density at radius 3 is 1.54 bits per heavy atom. The van der Waals surface area contributed by atoms with E-state index in [1.165, 1.54) is 0 Å². The van der Waals surface area contributed by atoms with E-state index in [0.717, 1.165) is 11.0 Å². The second kappa shape index (κ2) is 8.35. The molecule has 0 spiro atoms. The van der Waals surface area contributed by atoms with Gasteiger partial charge in [-0.3, -0.25) is 4.57 Å². The molecule has 6 nitrogen and oxygen atoms in total. The number of hydrogen-bond donors (Lipinski definition) is 3. The van der Waals surface area contributed by atoms with Crippen molar-refractivity contribution in [1.29, 1.82) is 0 Å². The first-order valence-electron chi connectivity index (χ1n) is 3.24. The summed E-state index contributed by atoms with van der Waals surface area (Å²) in [7, 11) is 1.27. The number of quaternary nitrogens is 1. The Morgan fingerprint density at radius 1 is 1.31 bits per heavy atom. The standard InChI is InChI=1S/C5H14NO.Na.H3O4P.H/c1-6(2,3)4-5-7;;1-5(2,3)4;/h7H,4-5H2,1-3H3;;(H3,1,2,3,4);/q+1;;;/p-1. The van der Waals surface area contributed by atoms with Gasteiger partial charge in [-0.2, -0.15) is 0 Å². The molecule has 0 saturated carbocycles. The summed E-state index contributed by atoms with van der Waals surface area (Å²) in [6, 6.07) is 0. The Balaban J connectivity index is -0.000000150. The van der Waals surface area contributed by atoms with Gasteiger partial charge < -0.3 is 24.3 Å². The van der Waals surface area contributed by atoms with E-state index in [0.29, 0.717) is 0 Å². The van der Waals surface area contributed by atoms with Crippen LogP contribution in [0.15, 0.2) is 0 Å². The van der Waals surface area contributed by atoms with Crippen LogP contribution in [0.2, 0.25) is 0 Å². The van der Waals surface area contributed by atoms with Crippen LogP contribution in [0.3, 0.4) is 0 Å². The predicted molar refractivity (Wildman–Crippen MR) is 49.2 cm³/mol. The molecule has 3 N–H and O–H groups in total. The number of hydrogen-bond acceptors (Lipinski definition) is 3. The summed E-state index contributed by atoms with van der Waals surface area (Å²) in [5.74, 6) is 0. The van der Waals surface area contributed by atoms with Crippen LogP contribution in [0.1, 0.15) is 0 Å². The summed E-state index contributed by atoms with van der Waals surface area (Å²) in [6.07, 6.45) is 0. The van der Waals surface area contributed by atoms with E-state index in [1.807, 2.05) is 0 Å². The summed E-state index contributed by atoms with van der Waals surface area (Å²) < 4.78 is 9.61. The molecule has 0 bridgehead atoms. The molecule has 0 atom stereocenters. The zero-order valence-corrected chi connectivity index (χ0v) is 8.36. The molecule has 0 saturated heterocycles. The minimum absolute atomic E-state index is 0. The number of aliphatic hydroxyl groups excluding tert-OH is 1. The fourth-order valence-corrected chi connectivity index (χ4v) is 0.300. The van der Waals surface area contributed by atoms with E-state index in [4.69, 9.17) is 24.4 Å². The Morgan fingerprint density at radius 2 is 1.54 bits per heavy atom. The van der Waals surface area contributed by atoms with Gasteiger partial charge in [0.15, 0.2) is 0 Å². The van der Waals surface area contributed by atoms with Gasteiger partial charge in [0.2, 0.25) is 0 Å². The number of aliphatic hydroxyl groups is 1. The van der Waals surface area contributed by atoms with E-state index in [-0.39, 0.29) is 36.2 Å². The molecular weight excluding hydrogens is 208 g/mol. The molecule has 0 unspecified atom stereocenters. The number of rotatable bonds is 2. The average molecular weight is 225 g/mol. The van der Waals surface area contributed by atoms with Crippen LogP contribution in [-0.4, -0.2) is 83.2 Å². The molecule has 0 rings (SSSR count). The van der Waals surface area contributed by atoms with Crippen molar-refractivity contribution in [3.05, 3.63) is 0 Å². The Hall–Kier alpha value is 1.03. The van der Waals surface area contributed by atoms with Crippen molar-refractivity contribution in [3.8, 4) is 0 Å². The fraction of sp³-hybridized carbons (Fsp3) is 1.00. The van der Waals surface area contributed by atoms with Crippen molar-refractivity contribution in [3.63, 3.8) is 0 Å². The molecule has 0 aliphatic carbocycles. The Kier molecular flexibility index (Phi) is 12.6. The molecule has 0 aromatic carbocycles. The van der Waals surface area contributed by atoms with E-state index < -0.39 is 7.82 Å². The van der Waals surface area contributed by atoms with E-state index in [9.17, 15) is 0 Å². The second-order valence-corrected chi connectivity index (χ2v) is 4.21. The van der Waals surface area contributed by atoms with Crippen LogP contribution in [-0.2, 0) is 4.57 Å². The van der Waals surface area contributed by atoms with E-state index in [2.05, 4.69) is 21.1 Å². The summed E-state index contributed by atoms with van der Waals surface area (Å²) in [5, 5.41) is 8.39. The van der Waals surface area contributed by atoms with Gasteiger partial charge in [-0.1, -0.05) is 0 Å². The third-order valence-electron chi connectivity index (χ3n) is 0.771. The van der Waals surface area contributed by atoms with Crippen molar-refractivity contribution >= 4 is 37.4 Å². The van der Waals surface area contributed by atoms with Crippen molar-refractivity contribution in [1.82, 2.24) is 0 Å². The quantitative estimate of drug-likeness (QED) is 0.273. The van der Waals surface area contributed by atoms with Crippen molar-refractivity contribution in [2.45, 2.75) is 0 Å². The van der Waals surface area contributed by atoms with Crippen LogP contribution < -0.4 is 4.89 Å². The normalized spacial score (nSPS) is 11.0. The first-order chi connectivity index (χ1) is 5.06. The second-order valence-electron chi connectivity index (χ2n) is 3.23. The molecule has 0 aliphatic heterocycles. The number of phosphoric acid groups is 1. The van der Waals surface area contributed by atoms with Crippen LogP contribution >= 0.6 is 7.82 Å². The average Bonchev–Trinajstić information content (AvgIpc) is 1.54. The van der Waals surface area contributed by atoms with E-state index >= 15 is 0 Å². The molecule has 0 fully saturated rings. The minimum atomic E-state index is -4.89. The molecule has 0 aliphatic rings. The molecular formula is C5H17NNaO5P. The van der Waals surface area contributed by atoms with Gasteiger partial charge >= 0.3 is 29.6 Å². The Bertz CT molecular complexity index is 145. The summed E-state index contributed by atoms with van der Waals surface area (Å²) >= 11 is 0. The maximum absolute atomic E-state index is 8.77. The molecule has 0 aromatic heterocycles. The summed E-state index contributed by atoms with van der Waals surface area (Å²) in [5.41, 5.74) is 0. The molecule has 8 heteroatoms. The van der Waals surface area contributed by atoms with Gasteiger partial charge in [0.05, 0.1) is 27.7 Å². The molecule has 13 heavy (non-hydrogen) atoms. The number of likely N-dealkylation sites (N-methyl/N-ethyl adjacent to an activating group) is 1. The van der Waals surface area contributed by atoms with Gasteiger partial charge in [0.1, 0.15) is 6.54 Å². The predicted octanol–water partition coefficient (Wildman–Crippen LogP) is -2.52. The molecule has 0 heterocycles. The zero-order valence-electron chi connectivity index (χ0n) is 7.47. The molecule has 78 valence electrons. The monoisotopic (exact) mass is 225 g/mol.